The number of aromatic nitrogens is 1. The summed E-state index contributed by atoms with van der Waals surface area (Å²) in [6, 6.07) is 8.43. The number of hydrogen-bond donors (Lipinski definition) is 3. The molecule has 3 N–H and O–H groups in total. The van der Waals surface area contributed by atoms with Crippen LogP contribution < -0.4 is 14.8 Å². The van der Waals surface area contributed by atoms with Crippen molar-refractivity contribution in [3.05, 3.63) is 53.9 Å². The number of nitrogens with one attached hydrogen (secondary N) is 1. The minimum atomic E-state index is -1.17. The first-order valence-corrected chi connectivity index (χ1v) is 7.08. The predicted molar refractivity (Wildman–Crippen MR) is 89.4 cm³/mol. The number of methoxy groups -OCH3 is 2. The number of ether oxygens (including phenoxy) is 2. The second-order valence-corrected chi connectivity index (χ2v) is 4.77. The highest BCUT2D eigenvalue weighted by molar-refractivity contribution is 5.91. The van der Waals surface area contributed by atoms with Crippen molar-refractivity contribution in [2.24, 2.45) is 0 Å². The number of aromatic carboxylic acids is 1. The number of benzene rings is 1. The van der Waals surface area contributed by atoms with Gasteiger partial charge >= 0.3 is 5.97 Å². The van der Waals surface area contributed by atoms with Gasteiger partial charge in [0.2, 0.25) is 0 Å². The van der Waals surface area contributed by atoms with Crippen LogP contribution in [-0.4, -0.2) is 41.6 Å². The van der Waals surface area contributed by atoms with E-state index in [-0.39, 0.29) is 11.4 Å². The van der Waals surface area contributed by atoms with Gasteiger partial charge in [-0.15, -0.1) is 0 Å². The summed E-state index contributed by atoms with van der Waals surface area (Å²) in [5, 5.41) is 21.8. The number of carboxylic acids is 1. The van der Waals surface area contributed by atoms with Crippen molar-refractivity contribution < 1.29 is 24.5 Å². The van der Waals surface area contributed by atoms with Gasteiger partial charge in [-0.05, 0) is 35.9 Å². The molecule has 1 aromatic heterocycles. The van der Waals surface area contributed by atoms with Crippen molar-refractivity contribution in [2.45, 2.75) is 6.23 Å². The van der Waals surface area contributed by atoms with Crippen molar-refractivity contribution in [2.75, 3.05) is 19.5 Å². The molecule has 126 valence electrons. The molecule has 24 heavy (non-hydrogen) atoms. The topological polar surface area (TPSA) is 101 Å². The van der Waals surface area contributed by atoms with Crippen molar-refractivity contribution in [1.82, 2.24) is 4.98 Å². The average molecular weight is 330 g/mol. The fourth-order valence-electron chi connectivity index (χ4n) is 2.06. The smallest absolute Gasteiger partial charge is 0.356 e. The number of rotatable bonds is 7. The Morgan fingerprint density at radius 2 is 2.00 bits per heavy atom. The lowest BCUT2D eigenvalue weighted by molar-refractivity contribution is 0.0691. The number of hydrogen-bond acceptors (Lipinski definition) is 6. The summed E-state index contributed by atoms with van der Waals surface area (Å²) in [4.78, 5) is 14.8. The minimum Gasteiger partial charge on any atom is -0.493 e. The molecule has 0 saturated carbocycles. The van der Waals surface area contributed by atoms with Crippen LogP contribution >= 0.6 is 0 Å². The Balaban J connectivity index is 2.11. The molecule has 2 aromatic rings. The maximum absolute atomic E-state index is 11.1. The van der Waals surface area contributed by atoms with E-state index < -0.39 is 12.2 Å². The second kappa shape index (κ2) is 7.98. The minimum absolute atomic E-state index is 0.156. The molecule has 1 unspecified atom stereocenters. The number of aliphatic hydroxyl groups is 1. The van der Waals surface area contributed by atoms with Gasteiger partial charge in [0, 0.05) is 6.20 Å². The molecule has 1 atom stereocenters. The lowest BCUT2D eigenvalue weighted by atomic mass is 10.2. The number of carbonyl (C=O) groups is 1. The molecular formula is C17H18N2O5. The number of carboxylic acid groups (broad SMARTS) is 1. The molecule has 0 amide bonds. The van der Waals surface area contributed by atoms with Crippen LogP contribution in [-0.2, 0) is 0 Å². The van der Waals surface area contributed by atoms with E-state index in [9.17, 15) is 9.90 Å². The average Bonchev–Trinajstić information content (AvgIpc) is 2.59. The quantitative estimate of drug-likeness (QED) is 0.669. The van der Waals surface area contributed by atoms with Crippen LogP contribution in [0.25, 0.3) is 6.08 Å². The molecule has 2 rings (SSSR count). The highest BCUT2D eigenvalue weighted by atomic mass is 16.5. The molecule has 0 aliphatic heterocycles. The number of nitrogens with zero attached hydrogens (tertiary/aromatic N) is 1. The van der Waals surface area contributed by atoms with Gasteiger partial charge in [-0.1, -0.05) is 12.1 Å². The molecular weight excluding hydrogens is 312 g/mol. The summed E-state index contributed by atoms with van der Waals surface area (Å²) >= 11 is 0. The molecule has 0 aliphatic rings. The zero-order valence-electron chi connectivity index (χ0n) is 13.3. The van der Waals surface area contributed by atoms with E-state index in [0.29, 0.717) is 11.5 Å². The molecule has 0 saturated heterocycles. The third-order valence-corrected chi connectivity index (χ3v) is 3.19. The lowest BCUT2D eigenvalue weighted by Gasteiger charge is -2.12. The summed E-state index contributed by atoms with van der Waals surface area (Å²) in [5.74, 6) is 0.00600. The van der Waals surface area contributed by atoms with Crippen LogP contribution in [0.3, 0.4) is 0 Å². The van der Waals surface area contributed by atoms with E-state index >= 15 is 0 Å². The maximum atomic E-state index is 11.1. The van der Waals surface area contributed by atoms with Crippen LogP contribution in [0.15, 0.2) is 42.6 Å². The summed E-state index contributed by atoms with van der Waals surface area (Å²) in [6.45, 7) is 0. The Morgan fingerprint density at radius 3 is 2.67 bits per heavy atom. The molecule has 0 aliphatic carbocycles. The molecule has 0 radical (unpaired) electrons. The molecule has 7 heteroatoms. The monoisotopic (exact) mass is 330 g/mol. The maximum Gasteiger partial charge on any atom is 0.356 e. The Hall–Kier alpha value is -3.06. The van der Waals surface area contributed by atoms with E-state index in [1.54, 1.807) is 37.5 Å². The zero-order valence-corrected chi connectivity index (χ0v) is 13.3. The molecule has 1 heterocycles. The van der Waals surface area contributed by atoms with Gasteiger partial charge in [-0.2, -0.15) is 0 Å². The SMILES string of the molecule is COc1ccc(/C=C/C(O)Nc2cccnc2C(=O)O)cc1OC. The van der Waals surface area contributed by atoms with Crippen molar-refractivity contribution >= 4 is 17.7 Å². The molecule has 0 fully saturated rings. The number of pyridine rings is 1. The third kappa shape index (κ3) is 4.23. The summed E-state index contributed by atoms with van der Waals surface area (Å²) in [7, 11) is 3.09. The van der Waals surface area contributed by atoms with E-state index in [4.69, 9.17) is 14.6 Å². The van der Waals surface area contributed by atoms with Crippen LogP contribution in [0.1, 0.15) is 16.1 Å². The van der Waals surface area contributed by atoms with E-state index in [2.05, 4.69) is 10.3 Å². The van der Waals surface area contributed by atoms with Gasteiger partial charge in [0.1, 0.15) is 6.23 Å². The first kappa shape index (κ1) is 17.3. The van der Waals surface area contributed by atoms with Gasteiger partial charge in [-0.3, -0.25) is 0 Å². The van der Waals surface area contributed by atoms with E-state index in [1.807, 2.05) is 0 Å². The number of anilines is 1. The molecule has 7 nitrogen and oxygen atoms in total. The van der Waals surface area contributed by atoms with Crippen molar-refractivity contribution in [3.63, 3.8) is 0 Å². The number of aliphatic hydroxyl groups excluding tert-OH is 1. The van der Waals surface area contributed by atoms with Gasteiger partial charge in [0.15, 0.2) is 17.2 Å². The fraction of sp³-hybridized carbons (Fsp3) is 0.176. The summed E-state index contributed by atoms with van der Waals surface area (Å²) in [5.41, 5.74) is 0.865. The molecule has 0 spiro atoms. The lowest BCUT2D eigenvalue weighted by Crippen LogP contribution is -2.18. The Kier molecular flexibility index (Phi) is 5.75. The van der Waals surface area contributed by atoms with E-state index in [1.165, 1.54) is 25.4 Å². The van der Waals surface area contributed by atoms with Gasteiger partial charge in [0.05, 0.1) is 19.9 Å². The Morgan fingerprint density at radius 1 is 1.25 bits per heavy atom. The largest absolute Gasteiger partial charge is 0.493 e. The Labute approximate surface area is 139 Å². The normalized spacial score (nSPS) is 12.0. The van der Waals surface area contributed by atoms with Crippen LogP contribution in [0.5, 0.6) is 11.5 Å². The van der Waals surface area contributed by atoms with Crippen molar-refractivity contribution in [3.8, 4) is 11.5 Å². The van der Waals surface area contributed by atoms with Crippen LogP contribution in [0.2, 0.25) is 0 Å². The van der Waals surface area contributed by atoms with Gasteiger partial charge < -0.3 is 25.0 Å². The first-order chi connectivity index (χ1) is 11.5. The predicted octanol–water partition coefficient (Wildman–Crippen LogP) is 2.24. The zero-order chi connectivity index (χ0) is 17.5. The van der Waals surface area contributed by atoms with Crippen LogP contribution in [0.4, 0.5) is 5.69 Å². The van der Waals surface area contributed by atoms with E-state index in [0.717, 1.165) is 5.56 Å². The van der Waals surface area contributed by atoms with Crippen LogP contribution in [0, 0.1) is 0 Å². The van der Waals surface area contributed by atoms with Crippen molar-refractivity contribution in [1.29, 1.82) is 0 Å². The first-order valence-electron chi connectivity index (χ1n) is 7.08. The Bertz CT molecular complexity index is 746. The molecule has 1 aromatic carbocycles. The second-order valence-electron chi connectivity index (χ2n) is 4.77. The summed E-state index contributed by atoms with van der Waals surface area (Å²) < 4.78 is 10.4. The van der Waals surface area contributed by atoms with Gasteiger partial charge in [0.25, 0.3) is 0 Å². The molecule has 0 bridgehead atoms. The standard InChI is InChI=1S/C17H18N2O5/c1-23-13-7-5-11(10-14(13)24-2)6-8-15(20)19-12-4-3-9-18-16(12)17(21)22/h3-10,15,19-20H,1-2H3,(H,21,22)/b8-6+. The summed E-state index contributed by atoms with van der Waals surface area (Å²) in [6.07, 6.45) is 3.46. The fourth-order valence-corrected chi connectivity index (χ4v) is 2.06. The highest BCUT2D eigenvalue weighted by Gasteiger charge is 2.12. The highest BCUT2D eigenvalue weighted by Crippen LogP contribution is 2.28. The third-order valence-electron chi connectivity index (χ3n) is 3.19. The van der Waals surface area contributed by atoms with Gasteiger partial charge in [-0.25, -0.2) is 9.78 Å².